The van der Waals surface area contributed by atoms with Gasteiger partial charge >= 0.3 is 0 Å². The third-order valence-electron chi connectivity index (χ3n) is 3.04. The molecule has 4 N–H and O–H groups in total. The molecule has 0 aliphatic carbocycles. The van der Waals surface area contributed by atoms with Crippen LogP contribution in [0.2, 0.25) is 0 Å². The van der Waals surface area contributed by atoms with Gasteiger partial charge in [0.1, 0.15) is 6.04 Å². The zero-order chi connectivity index (χ0) is 16.1. The lowest BCUT2D eigenvalue weighted by atomic mass is 10.2. The Morgan fingerprint density at radius 1 is 1.23 bits per heavy atom. The summed E-state index contributed by atoms with van der Waals surface area (Å²) in [6.45, 7) is 0.00173. The van der Waals surface area contributed by atoms with Crippen molar-refractivity contribution in [2.45, 2.75) is 12.6 Å². The van der Waals surface area contributed by atoms with Crippen LogP contribution in [0.5, 0.6) is 5.75 Å². The molecule has 0 aliphatic rings. The monoisotopic (exact) mass is 301 g/mol. The first-order valence-electron chi connectivity index (χ1n) is 6.51. The standard InChI is InChI=1S/C15H15N3O4/c16-14(21)11(8-18-7-6-12(19)13(20)9-18)17-15(22)10-4-2-1-3-5-10/h1-7,9,11,20H,8H2,(H2,16,21)(H,17,22). The van der Waals surface area contributed by atoms with E-state index in [1.807, 2.05) is 0 Å². The number of hydrogen-bond donors (Lipinski definition) is 3. The summed E-state index contributed by atoms with van der Waals surface area (Å²) in [7, 11) is 0. The molecule has 2 amide bonds. The number of nitrogens with zero attached hydrogens (tertiary/aromatic N) is 1. The van der Waals surface area contributed by atoms with Crippen LogP contribution in [-0.2, 0) is 11.3 Å². The van der Waals surface area contributed by atoms with Gasteiger partial charge in [0.25, 0.3) is 5.91 Å². The predicted molar refractivity (Wildman–Crippen MR) is 79.3 cm³/mol. The normalized spacial score (nSPS) is 11.6. The Labute approximate surface area is 126 Å². The first kappa shape index (κ1) is 15.3. The van der Waals surface area contributed by atoms with Crippen molar-refractivity contribution in [3.05, 3.63) is 64.6 Å². The number of aromatic nitrogens is 1. The molecule has 0 saturated carbocycles. The van der Waals surface area contributed by atoms with Gasteiger partial charge in [-0.2, -0.15) is 0 Å². The number of aromatic hydroxyl groups is 1. The summed E-state index contributed by atoms with van der Waals surface area (Å²) in [4.78, 5) is 34.7. The van der Waals surface area contributed by atoms with Crippen molar-refractivity contribution >= 4 is 11.8 Å². The van der Waals surface area contributed by atoms with Gasteiger partial charge in [-0.15, -0.1) is 0 Å². The average molecular weight is 301 g/mol. The van der Waals surface area contributed by atoms with Gasteiger partial charge in [-0.3, -0.25) is 14.4 Å². The highest BCUT2D eigenvalue weighted by atomic mass is 16.3. The number of amides is 2. The molecule has 0 saturated heterocycles. The first-order chi connectivity index (χ1) is 10.5. The van der Waals surface area contributed by atoms with Crippen molar-refractivity contribution in [1.82, 2.24) is 9.88 Å². The first-order valence-corrected chi connectivity index (χ1v) is 6.51. The maximum absolute atomic E-state index is 12.0. The zero-order valence-corrected chi connectivity index (χ0v) is 11.6. The van der Waals surface area contributed by atoms with E-state index in [9.17, 15) is 19.5 Å². The molecule has 7 heteroatoms. The molecule has 0 spiro atoms. The molecule has 0 bridgehead atoms. The third-order valence-corrected chi connectivity index (χ3v) is 3.04. The molecule has 2 aromatic rings. The minimum Gasteiger partial charge on any atom is -0.503 e. The molecule has 1 aromatic heterocycles. The SMILES string of the molecule is NC(=O)C(Cn1ccc(=O)c(O)c1)NC(=O)c1ccccc1. The maximum Gasteiger partial charge on any atom is 0.251 e. The van der Waals surface area contributed by atoms with Gasteiger partial charge in [0.2, 0.25) is 11.3 Å². The minimum absolute atomic E-state index is 0.00173. The Kier molecular flexibility index (Phi) is 4.57. The highest BCUT2D eigenvalue weighted by Crippen LogP contribution is 2.03. The highest BCUT2D eigenvalue weighted by molar-refractivity contribution is 5.97. The fraction of sp³-hybridized carbons (Fsp3) is 0.133. The minimum atomic E-state index is -0.977. The number of primary amides is 1. The van der Waals surface area contributed by atoms with E-state index >= 15 is 0 Å². The molecular weight excluding hydrogens is 286 g/mol. The van der Waals surface area contributed by atoms with Crippen LogP contribution in [0.1, 0.15) is 10.4 Å². The average Bonchev–Trinajstić information content (AvgIpc) is 2.51. The Balaban J connectivity index is 2.13. The van der Waals surface area contributed by atoms with E-state index in [2.05, 4.69) is 5.32 Å². The van der Waals surface area contributed by atoms with E-state index in [4.69, 9.17) is 5.73 Å². The van der Waals surface area contributed by atoms with Crippen LogP contribution in [0, 0.1) is 0 Å². The van der Waals surface area contributed by atoms with Crippen LogP contribution in [0.25, 0.3) is 0 Å². The lowest BCUT2D eigenvalue weighted by Gasteiger charge is -2.17. The van der Waals surface area contributed by atoms with Crippen LogP contribution in [-0.4, -0.2) is 27.5 Å². The molecule has 1 aromatic carbocycles. The molecule has 1 atom stereocenters. The molecule has 22 heavy (non-hydrogen) atoms. The van der Waals surface area contributed by atoms with Crippen LogP contribution >= 0.6 is 0 Å². The molecule has 2 rings (SSSR count). The lowest BCUT2D eigenvalue weighted by molar-refractivity contribution is -0.120. The number of rotatable bonds is 5. The number of nitrogens with two attached hydrogens (primary N) is 1. The van der Waals surface area contributed by atoms with Crippen molar-refractivity contribution in [2.75, 3.05) is 0 Å². The summed E-state index contributed by atoms with van der Waals surface area (Å²) in [6.07, 6.45) is 2.57. The number of nitrogens with one attached hydrogen (secondary N) is 1. The smallest absolute Gasteiger partial charge is 0.251 e. The van der Waals surface area contributed by atoms with Gasteiger partial charge in [-0.1, -0.05) is 18.2 Å². The summed E-state index contributed by atoms with van der Waals surface area (Å²) in [5.74, 6) is -1.60. The van der Waals surface area contributed by atoms with Crippen LogP contribution in [0.15, 0.2) is 53.6 Å². The maximum atomic E-state index is 12.0. The highest BCUT2D eigenvalue weighted by Gasteiger charge is 2.19. The second kappa shape index (κ2) is 6.57. The molecule has 0 radical (unpaired) electrons. The number of carbonyl (C=O) groups is 2. The summed E-state index contributed by atoms with van der Waals surface area (Å²) in [5.41, 5.74) is 5.16. The van der Waals surface area contributed by atoms with E-state index in [-0.39, 0.29) is 6.54 Å². The summed E-state index contributed by atoms with van der Waals surface area (Å²) < 4.78 is 1.40. The van der Waals surface area contributed by atoms with Crippen molar-refractivity contribution in [3.63, 3.8) is 0 Å². The van der Waals surface area contributed by atoms with E-state index in [0.717, 1.165) is 6.07 Å². The second-order valence-corrected chi connectivity index (χ2v) is 4.69. The number of carbonyl (C=O) groups excluding carboxylic acids is 2. The van der Waals surface area contributed by atoms with Gasteiger partial charge in [-0.25, -0.2) is 0 Å². The third kappa shape index (κ3) is 3.72. The van der Waals surface area contributed by atoms with E-state index in [1.165, 1.54) is 17.0 Å². The second-order valence-electron chi connectivity index (χ2n) is 4.69. The Bertz CT molecular complexity index is 740. The lowest BCUT2D eigenvalue weighted by Crippen LogP contribution is -2.47. The largest absolute Gasteiger partial charge is 0.503 e. The van der Waals surface area contributed by atoms with Gasteiger partial charge in [0.15, 0.2) is 5.75 Å². The fourth-order valence-corrected chi connectivity index (χ4v) is 1.87. The topological polar surface area (TPSA) is 114 Å². The Morgan fingerprint density at radius 3 is 2.50 bits per heavy atom. The van der Waals surface area contributed by atoms with Crippen molar-refractivity contribution < 1.29 is 14.7 Å². The predicted octanol–water partition coefficient (Wildman–Crippen LogP) is -0.162. The van der Waals surface area contributed by atoms with Crippen LogP contribution in [0.4, 0.5) is 0 Å². The fourth-order valence-electron chi connectivity index (χ4n) is 1.87. The summed E-state index contributed by atoms with van der Waals surface area (Å²) in [6, 6.07) is 8.58. The number of hydrogen-bond acceptors (Lipinski definition) is 4. The molecule has 1 unspecified atom stereocenters. The Hall–Kier alpha value is -3.09. The van der Waals surface area contributed by atoms with Gasteiger partial charge in [-0.05, 0) is 12.1 Å². The molecule has 7 nitrogen and oxygen atoms in total. The van der Waals surface area contributed by atoms with E-state index in [0.29, 0.717) is 5.56 Å². The zero-order valence-electron chi connectivity index (χ0n) is 11.6. The van der Waals surface area contributed by atoms with Gasteiger partial charge < -0.3 is 20.7 Å². The van der Waals surface area contributed by atoms with Crippen LogP contribution < -0.4 is 16.5 Å². The molecule has 1 heterocycles. The number of pyridine rings is 1. The van der Waals surface area contributed by atoms with Crippen molar-refractivity contribution in [1.29, 1.82) is 0 Å². The van der Waals surface area contributed by atoms with E-state index in [1.54, 1.807) is 30.3 Å². The molecule has 0 aliphatic heterocycles. The molecule has 114 valence electrons. The van der Waals surface area contributed by atoms with Crippen molar-refractivity contribution in [2.24, 2.45) is 5.73 Å². The van der Waals surface area contributed by atoms with Crippen LogP contribution in [0.3, 0.4) is 0 Å². The van der Waals surface area contributed by atoms with E-state index < -0.39 is 29.0 Å². The molecule has 0 fully saturated rings. The quantitative estimate of drug-likeness (QED) is 0.711. The van der Waals surface area contributed by atoms with Gasteiger partial charge in [0.05, 0.1) is 6.54 Å². The van der Waals surface area contributed by atoms with Crippen molar-refractivity contribution in [3.8, 4) is 5.75 Å². The van der Waals surface area contributed by atoms with Gasteiger partial charge in [0, 0.05) is 24.0 Å². The summed E-state index contributed by atoms with van der Waals surface area (Å²) >= 11 is 0. The Morgan fingerprint density at radius 2 is 1.91 bits per heavy atom. The molecular formula is C15H15N3O4. The number of benzene rings is 1. The summed E-state index contributed by atoms with van der Waals surface area (Å²) in [5, 5.41) is 11.9.